The molecule has 1 aromatic carbocycles. The van der Waals surface area contributed by atoms with Gasteiger partial charge in [-0.15, -0.1) is 0 Å². The van der Waals surface area contributed by atoms with E-state index in [1.807, 2.05) is 6.07 Å². The second-order valence-corrected chi connectivity index (χ2v) is 5.24. The Hall–Kier alpha value is -2.72. The lowest BCUT2D eigenvalue weighted by Crippen LogP contribution is -2.43. The van der Waals surface area contributed by atoms with Crippen LogP contribution in [0.3, 0.4) is 0 Å². The third-order valence-corrected chi connectivity index (χ3v) is 3.78. The van der Waals surface area contributed by atoms with Crippen molar-refractivity contribution in [3.63, 3.8) is 0 Å². The van der Waals surface area contributed by atoms with Crippen molar-refractivity contribution in [3.8, 4) is 6.07 Å². The Morgan fingerprint density at radius 2 is 2.22 bits per heavy atom. The average molecular weight is 314 g/mol. The van der Waals surface area contributed by atoms with E-state index in [0.29, 0.717) is 19.7 Å². The highest BCUT2D eigenvalue weighted by Gasteiger charge is 2.25. The minimum Gasteiger partial charge on any atom is -0.370 e. The van der Waals surface area contributed by atoms with Gasteiger partial charge in [0.25, 0.3) is 0 Å². The first kappa shape index (κ1) is 15.2. The number of carbonyl (C=O) groups excluding carboxylic acids is 1. The second kappa shape index (κ2) is 6.58. The number of rotatable bonds is 3. The van der Waals surface area contributed by atoms with Crippen LogP contribution in [0, 0.1) is 17.1 Å². The minimum absolute atomic E-state index is 0.0685. The van der Waals surface area contributed by atoms with Crippen molar-refractivity contribution in [3.05, 3.63) is 53.9 Å². The monoisotopic (exact) mass is 314 g/mol. The molecule has 2 aromatic rings. The maximum atomic E-state index is 13.0. The summed E-state index contributed by atoms with van der Waals surface area (Å²) in [5, 5.41) is 8.93. The van der Waals surface area contributed by atoms with E-state index in [1.165, 1.54) is 22.9 Å². The molecule has 1 aliphatic rings. The lowest BCUT2D eigenvalue weighted by molar-refractivity contribution is -0.139. The van der Waals surface area contributed by atoms with E-state index in [2.05, 4.69) is 4.98 Å². The van der Waals surface area contributed by atoms with E-state index in [0.717, 1.165) is 5.56 Å². The fourth-order valence-corrected chi connectivity index (χ4v) is 2.55. The molecule has 1 amide bonds. The van der Waals surface area contributed by atoms with Crippen LogP contribution < -0.4 is 0 Å². The molecule has 0 radical (unpaired) electrons. The summed E-state index contributed by atoms with van der Waals surface area (Å²) in [5.41, 5.74) is 0.837. The van der Waals surface area contributed by atoms with E-state index in [4.69, 9.17) is 10.00 Å². The highest BCUT2D eigenvalue weighted by Crippen LogP contribution is 2.22. The second-order valence-electron chi connectivity index (χ2n) is 5.24. The van der Waals surface area contributed by atoms with E-state index in [-0.39, 0.29) is 30.2 Å². The smallest absolute Gasteiger partial charge is 0.242 e. The van der Waals surface area contributed by atoms with Gasteiger partial charge in [-0.05, 0) is 17.7 Å². The summed E-state index contributed by atoms with van der Waals surface area (Å²) in [5.74, 6) is -0.196. The summed E-state index contributed by atoms with van der Waals surface area (Å²) in [7, 11) is 0. The van der Waals surface area contributed by atoms with Crippen molar-refractivity contribution in [2.45, 2.75) is 12.6 Å². The maximum absolute atomic E-state index is 13.0. The molecule has 0 bridgehead atoms. The normalized spacial score (nSPS) is 17.7. The first-order valence-electron chi connectivity index (χ1n) is 7.23. The number of carbonyl (C=O) groups is 1. The molecular weight excluding hydrogens is 299 g/mol. The van der Waals surface area contributed by atoms with E-state index in [9.17, 15) is 9.18 Å². The van der Waals surface area contributed by atoms with Crippen molar-refractivity contribution < 1.29 is 13.9 Å². The number of aromatic nitrogens is 2. The Labute approximate surface area is 132 Å². The predicted octanol–water partition coefficient (Wildman–Crippen LogP) is 1.49. The van der Waals surface area contributed by atoms with Crippen LogP contribution >= 0.6 is 0 Å². The van der Waals surface area contributed by atoms with Gasteiger partial charge in [-0.1, -0.05) is 12.1 Å². The number of hydrogen-bond acceptors (Lipinski definition) is 4. The van der Waals surface area contributed by atoms with Crippen LogP contribution in [-0.2, 0) is 16.1 Å². The molecule has 1 aromatic heterocycles. The molecule has 0 saturated carbocycles. The average Bonchev–Trinajstić information content (AvgIpc) is 3.03. The summed E-state index contributed by atoms with van der Waals surface area (Å²) in [6, 6.07) is 8.03. The quantitative estimate of drug-likeness (QED) is 0.860. The molecule has 2 heterocycles. The molecule has 1 atom stereocenters. The summed E-state index contributed by atoms with van der Waals surface area (Å²) in [6.45, 7) is 1.38. The highest BCUT2D eigenvalue weighted by molar-refractivity contribution is 5.76. The largest absolute Gasteiger partial charge is 0.370 e. The number of ether oxygens (including phenoxy) is 1. The van der Waals surface area contributed by atoms with Gasteiger partial charge in [-0.25, -0.2) is 9.37 Å². The molecule has 1 aliphatic heterocycles. The van der Waals surface area contributed by atoms with Gasteiger partial charge in [-0.3, -0.25) is 4.79 Å². The molecule has 0 N–H and O–H groups in total. The molecule has 0 aliphatic carbocycles. The van der Waals surface area contributed by atoms with Crippen LogP contribution in [0.4, 0.5) is 4.39 Å². The van der Waals surface area contributed by atoms with Gasteiger partial charge in [0.1, 0.15) is 24.5 Å². The van der Waals surface area contributed by atoms with Crippen LogP contribution in [0.15, 0.2) is 36.7 Å². The first-order valence-corrected chi connectivity index (χ1v) is 7.23. The van der Waals surface area contributed by atoms with Crippen LogP contribution in [0.5, 0.6) is 0 Å². The molecule has 7 heteroatoms. The van der Waals surface area contributed by atoms with Gasteiger partial charge in [0.05, 0.1) is 13.2 Å². The van der Waals surface area contributed by atoms with Crippen LogP contribution in [-0.4, -0.2) is 40.1 Å². The van der Waals surface area contributed by atoms with Crippen molar-refractivity contribution in [1.29, 1.82) is 5.26 Å². The molecule has 0 spiro atoms. The fraction of sp³-hybridized carbons (Fsp3) is 0.312. The van der Waals surface area contributed by atoms with Gasteiger partial charge >= 0.3 is 0 Å². The third-order valence-electron chi connectivity index (χ3n) is 3.78. The Bertz CT molecular complexity index is 735. The highest BCUT2D eigenvalue weighted by atomic mass is 19.1. The summed E-state index contributed by atoms with van der Waals surface area (Å²) >= 11 is 0. The Kier molecular flexibility index (Phi) is 4.35. The van der Waals surface area contributed by atoms with Gasteiger partial charge in [-0.2, -0.15) is 5.26 Å². The Morgan fingerprint density at radius 1 is 1.43 bits per heavy atom. The van der Waals surface area contributed by atoms with Crippen LogP contribution in [0.1, 0.15) is 17.5 Å². The van der Waals surface area contributed by atoms with Crippen molar-refractivity contribution in [2.24, 2.45) is 0 Å². The zero-order valence-electron chi connectivity index (χ0n) is 12.4. The topological polar surface area (TPSA) is 71.2 Å². The molecule has 1 saturated heterocycles. The van der Waals surface area contributed by atoms with Gasteiger partial charge in [0.15, 0.2) is 0 Å². The molecular formula is C16H15FN4O2. The summed E-state index contributed by atoms with van der Waals surface area (Å²) in [6.07, 6.45) is 2.83. The molecule has 3 rings (SSSR count). The number of morpholine rings is 1. The van der Waals surface area contributed by atoms with E-state index in [1.54, 1.807) is 23.2 Å². The van der Waals surface area contributed by atoms with Gasteiger partial charge in [0, 0.05) is 18.9 Å². The number of amides is 1. The predicted molar refractivity (Wildman–Crippen MR) is 78.6 cm³/mol. The van der Waals surface area contributed by atoms with Crippen molar-refractivity contribution in [1.82, 2.24) is 14.5 Å². The number of nitriles is 1. The Balaban J connectivity index is 1.67. The Morgan fingerprint density at radius 3 is 2.96 bits per heavy atom. The number of imidazole rings is 1. The lowest BCUT2D eigenvalue weighted by atomic mass is 10.1. The SMILES string of the molecule is N#Cc1nccn1CC(=O)N1CCO[C@@H](c2ccc(F)cc2)C1. The first-order chi connectivity index (χ1) is 11.2. The summed E-state index contributed by atoms with van der Waals surface area (Å²) in [4.78, 5) is 18.0. The van der Waals surface area contributed by atoms with E-state index < -0.39 is 0 Å². The van der Waals surface area contributed by atoms with Gasteiger partial charge in [0.2, 0.25) is 11.7 Å². The van der Waals surface area contributed by atoms with Crippen molar-refractivity contribution in [2.75, 3.05) is 19.7 Å². The summed E-state index contributed by atoms with van der Waals surface area (Å²) < 4.78 is 20.2. The number of benzene rings is 1. The molecule has 0 unspecified atom stereocenters. The van der Waals surface area contributed by atoms with Gasteiger partial charge < -0.3 is 14.2 Å². The molecule has 1 fully saturated rings. The van der Waals surface area contributed by atoms with Crippen molar-refractivity contribution >= 4 is 5.91 Å². The minimum atomic E-state index is -0.304. The zero-order chi connectivity index (χ0) is 16.2. The fourth-order valence-electron chi connectivity index (χ4n) is 2.55. The third kappa shape index (κ3) is 3.38. The number of nitrogens with zero attached hydrogens (tertiary/aromatic N) is 4. The lowest BCUT2D eigenvalue weighted by Gasteiger charge is -2.33. The number of halogens is 1. The zero-order valence-corrected chi connectivity index (χ0v) is 12.4. The maximum Gasteiger partial charge on any atom is 0.242 e. The van der Waals surface area contributed by atoms with Crippen LogP contribution in [0.2, 0.25) is 0 Å². The molecule has 118 valence electrons. The molecule has 6 nitrogen and oxygen atoms in total. The van der Waals surface area contributed by atoms with E-state index >= 15 is 0 Å². The number of hydrogen-bond donors (Lipinski definition) is 0. The van der Waals surface area contributed by atoms with Crippen LogP contribution in [0.25, 0.3) is 0 Å². The standard InChI is InChI=1S/C16H15FN4O2/c17-13-3-1-12(2-4-13)14-10-21(7-8-23-14)16(22)11-20-6-5-19-15(20)9-18/h1-6,14H,7-8,10-11H2/t14-/m1/s1. The molecule has 23 heavy (non-hydrogen) atoms.